The average molecular weight is 401 g/mol. The molecule has 0 saturated carbocycles. The van der Waals surface area contributed by atoms with Gasteiger partial charge in [0.05, 0.1) is 0 Å². The van der Waals surface area contributed by atoms with Crippen LogP contribution in [-0.2, 0) is 0 Å². The lowest BCUT2D eigenvalue weighted by molar-refractivity contribution is -0.370. The molecule has 25 heavy (non-hydrogen) atoms. The Morgan fingerprint density at radius 3 is 0.920 bits per heavy atom. The van der Waals surface area contributed by atoms with Gasteiger partial charge in [-0.05, 0) is 0 Å². The first-order valence-electron chi connectivity index (χ1n) is 5.40. The SMILES string of the molecule is Fc1c(F)c(F)c(NC(C(F)(F)F)(C(F)(F)F)C(F)(F)F)c(F)c1F. The maximum Gasteiger partial charge on any atom is 0.429 e. The highest BCUT2D eigenvalue weighted by atomic mass is 19.4. The lowest BCUT2D eigenvalue weighted by Gasteiger charge is -2.39. The Morgan fingerprint density at radius 2 is 0.680 bits per heavy atom. The van der Waals surface area contributed by atoms with Gasteiger partial charge in [-0.25, -0.2) is 22.0 Å². The van der Waals surface area contributed by atoms with E-state index in [4.69, 9.17) is 0 Å². The number of hydrogen-bond acceptors (Lipinski definition) is 1. The predicted molar refractivity (Wildman–Crippen MR) is 50.8 cm³/mol. The molecule has 1 nitrogen and oxygen atoms in total. The largest absolute Gasteiger partial charge is 0.429 e. The second kappa shape index (κ2) is 5.79. The van der Waals surface area contributed by atoms with E-state index in [2.05, 4.69) is 0 Å². The Balaban J connectivity index is 3.87. The third-order valence-corrected chi connectivity index (χ3v) is 2.80. The normalized spacial score (nSPS) is 14.0. The molecule has 1 aromatic rings. The van der Waals surface area contributed by atoms with Gasteiger partial charge in [0.15, 0.2) is 23.3 Å². The van der Waals surface area contributed by atoms with Crippen molar-refractivity contribution in [3.63, 3.8) is 0 Å². The van der Waals surface area contributed by atoms with Crippen LogP contribution >= 0.6 is 0 Å². The van der Waals surface area contributed by atoms with Crippen molar-refractivity contribution in [3.05, 3.63) is 29.1 Å². The van der Waals surface area contributed by atoms with Crippen molar-refractivity contribution in [2.24, 2.45) is 0 Å². The minimum absolute atomic E-state index is 0.614. The molecule has 0 radical (unpaired) electrons. The van der Waals surface area contributed by atoms with Gasteiger partial charge in [-0.3, -0.25) is 0 Å². The fourth-order valence-electron chi connectivity index (χ4n) is 1.60. The molecule has 0 fully saturated rings. The van der Waals surface area contributed by atoms with E-state index >= 15 is 0 Å². The summed E-state index contributed by atoms with van der Waals surface area (Å²) in [6.45, 7) is 0. The average Bonchev–Trinajstić information content (AvgIpc) is 2.38. The summed E-state index contributed by atoms with van der Waals surface area (Å²) in [5, 5.41) is -0.614. The standard InChI is InChI=1S/C10HF14N/c11-1-2(12)4(14)6(5(15)3(1)13)25-7(8(16,17)18,9(19,20)21)10(22,23)24/h25H. The maximum atomic E-state index is 13.2. The molecule has 0 aliphatic rings. The van der Waals surface area contributed by atoms with Gasteiger partial charge in [-0.2, -0.15) is 39.5 Å². The van der Waals surface area contributed by atoms with Crippen molar-refractivity contribution in [1.29, 1.82) is 0 Å². The first kappa shape index (κ1) is 21.1. The van der Waals surface area contributed by atoms with Crippen LogP contribution in [-0.4, -0.2) is 24.1 Å². The van der Waals surface area contributed by atoms with Crippen molar-refractivity contribution < 1.29 is 61.5 Å². The van der Waals surface area contributed by atoms with E-state index in [9.17, 15) is 61.5 Å². The third kappa shape index (κ3) is 3.03. The van der Waals surface area contributed by atoms with Crippen molar-refractivity contribution >= 4 is 5.69 Å². The Hall–Kier alpha value is -1.96. The molecule has 0 saturated heterocycles. The zero-order valence-electron chi connectivity index (χ0n) is 10.8. The lowest BCUT2D eigenvalue weighted by atomic mass is 9.96. The number of benzene rings is 1. The summed E-state index contributed by atoms with van der Waals surface area (Å²) in [5.74, 6) is -15.8. The van der Waals surface area contributed by atoms with Crippen LogP contribution in [0.5, 0.6) is 0 Å². The van der Waals surface area contributed by atoms with E-state index in [-0.39, 0.29) is 0 Å². The van der Waals surface area contributed by atoms with Gasteiger partial charge in [-0.15, -0.1) is 0 Å². The molecule has 1 rings (SSSR count). The van der Waals surface area contributed by atoms with Gasteiger partial charge in [0.25, 0.3) is 0 Å². The number of alkyl halides is 9. The number of nitrogens with one attached hydrogen (secondary N) is 1. The van der Waals surface area contributed by atoms with Gasteiger partial charge in [0.2, 0.25) is 5.82 Å². The molecular formula is C10HF14N. The minimum Gasteiger partial charge on any atom is -0.352 e. The smallest absolute Gasteiger partial charge is 0.352 e. The number of rotatable bonds is 2. The van der Waals surface area contributed by atoms with Gasteiger partial charge in [0.1, 0.15) is 5.69 Å². The Labute approximate surface area is 127 Å². The lowest BCUT2D eigenvalue weighted by Crippen LogP contribution is -2.71. The molecule has 0 aromatic heterocycles. The summed E-state index contributed by atoms with van der Waals surface area (Å²) >= 11 is 0. The zero-order valence-corrected chi connectivity index (χ0v) is 10.8. The summed E-state index contributed by atoms with van der Waals surface area (Å²) in [5.41, 5.74) is -10.2. The second-order valence-corrected chi connectivity index (χ2v) is 4.31. The highest BCUT2D eigenvalue weighted by Gasteiger charge is 2.84. The van der Waals surface area contributed by atoms with Crippen molar-refractivity contribution in [2.45, 2.75) is 24.1 Å². The molecule has 0 aliphatic carbocycles. The Bertz CT molecular complexity index is 601. The molecule has 1 aromatic carbocycles. The number of halogens is 14. The van der Waals surface area contributed by atoms with E-state index < -0.39 is 64.2 Å². The number of anilines is 1. The molecule has 0 spiro atoms. The van der Waals surface area contributed by atoms with Crippen LogP contribution in [0.1, 0.15) is 0 Å². The van der Waals surface area contributed by atoms with Crippen LogP contribution < -0.4 is 5.32 Å². The van der Waals surface area contributed by atoms with E-state index in [0.29, 0.717) is 0 Å². The van der Waals surface area contributed by atoms with E-state index in [1.54, 1.807) is 0 Å². The van der Waals surface area contributed by atoms with E-state index in [0.717, 1.165) is 0 Å². The van der Waals surface area contributed by atoms with Gasteiger partial charge in [-0.1, -0.05) is 0 Å². The molecule has 0 heterocycles. The van der Waals surface area contributed by atoms with E-state index in [1.165, 1.54) is 0 Å². The van der Waals surface area contributed by atoms with E-state index in [1.807, 2.05) is 0 Å². The Morgan fingerprint density at radius 1 is 0.440 bits per heavy atom. The third-order valence-electron chi connectivity index (χ3n) is 2.80. The highest BCUT2D eigenvalue weighted by molar-refractivity contribution is 5.51. The van der Waals surface area contributed by atoms with Crippen LogP contribution in [0.25, 0.3) is 0 Å². The fraction of sp³-hybridized carbons (Fsp3) is 0.400. The minimum atomic E-state index is -7.33. The van der Waals surface area contributed by atoms with Crippen molar-refractivity contribution in [3.8, 4) is 0 Å². The molecule has 0 unspecified atom stereocenters. The van der Waals surface area contributed by atoms with Crippen LogP contribution in [0.3, 0.4) is 0 Å². The summed E-state index contributed by atoms with van der Waals surface area (Å²) in [6.07, 6.45) is -22.0. The molecule has 0 atom stereocenters. The van der Waals surface area contributed by atoms with Crippen LogP contribution in [0.15, 0.2) is 0 Å². The molecule has 0 aliphatic heterocycles. The summed E-state index contributed by atoms with van der Waals surface area (Å²) < 4.78 is 178. The molecule has 0 bridgehead atoms. The molecular weight excluding hydrogens is 400 g/mol. The molecule has 1 N–H and O–H groups in total. The van der Waals surface area contributed by atoms with Gasteiger partial charge in [0, 0.05) is 0 Å². The van der Waals surface area contributed by atoms with Crippen molar-refractivity contribution in [1.82, 2.24) is 0 Å². The Kier molecular flexibility index (Phi) is 4.89. The highest BCUT2D eigenvalue weighted by Crippen LogP contribution is 2.54. The maximum absolute atomic E-state index is 13.2. The van der Waals surface area contributed by atoms with Crippen LogP contribution in [0.2, 0.25) is 0 Å². The fourth-order valence-corrected chi connectivity index (χ4v) is 1.60. The molecule has 144 valence electrons. The topological polar surface area (TPSA) is 12.0 Å². The summed E-state index contributed by atoms with van der Waals surface area (Å²) in [4.78, 5) is 0. The van der Waals surface area contributed by atoms with Crippen molar-refractivity contribution in [2.75, 3.05) is 5.32 Å². The monoisotopic (exact) mass is 401 g/mol. The predicted octanol–water partition coefficient (Wildman–Crippen LogP) is 5.22. The zero-order chi connectivity index (χ0) is 20.2. The number of hydrogen-bond donors (Lipinski definition) is 1. The summed E-state index contributed by atoms with van der Waals surface area (Å²) in [7, 11) is 0. The summed E-state index contributed by atoms with van der Waals surface area (Å²) in [6, 6.07) is 0. The first-order valence-corrected chi connectivity index (χ1v) is 5.40. The quantitative estimate of drug-likeness (QED) is 0.407. The van der Waals surface area contributed by atoms with Gasteiger partial charge < -0.3 is 5.32 Å². The molecule has 0 amide bonds. The van der Waals surface area contributed by atoms with Crippen LogP contribution in [0.4, 0.5) is 67.2 Å². The van der Waals surface area contributed by atoms with Gasteiger partial charge >= 0.3 is 24.1 Å². The first-order chi connectivity index (χ1) is 10.9. The molecule has 15 heteroatoms. The second-order valence-electron chi connectivity index (χ2n) is 4.31. The van der Waals surface area contributed by atoms with Crippen LogP contribution in [0, 0.1) is 29.1 Å².